The zero-order valence-electron chi connectivity index (χ0n) is 38.6. The van der Waals surface area contributed by atoms with Crippen LogP contribution in [0.25, 0.3) is 20.7 Å². The molecule has 1 unspecified atom stereocenters. The third-order valence-corrected chi connectivity index (χ3v) is 9.50. The molecule has 0 N–H and O–H groups in total. The van der Waals surface area contributed by atoms with E-state index in [0.29, 0.717) is 25.6 Å². The van der Waals surface area contributed by atoms with Gasteiger partial charge in [0.05, 0.1) is 44.6 Å². The second kappa shape index (κ2) is 22.6. The first kappa shape index (κ1) is 54.1. The lowest BCUT2D eigenvalue weighted by Crippen LogP contribution is -2.35. The molecule has 0 bridgehead atoms. The van der Waals surface area contributed by atoms with Gasteiger partial charge in [0.25, 0.3) is 23.5 Å². The summed E-state index contributed by atoms with van der Waals surface area (Å²) in [7, 11) is 5.77. The molecule has 0 spiro atoms. The van der Waals surface area contributed by atoms with E-state index in [2.05, 4.69) is 35.9 Å². The van der Waals surface area contributed by atoms with Gasteiger partial charge in [-0.05, 0) is 95.2 Å². The summed E-state index contributed by atoms with van der Waals surface area (Å²) in [6.45, 7) is 21.0. The zero-order chi connectivity index (χ0) is 48.2. The Morgan fingerprint density at radius 2 is 0.905 bits per heavy atom. The number of hydrogen-bond acceptors (Lipinski definition) is 20. The fourth-order valence-corrected chi connectivity index (χ4v) is 6.77. The first-order valence-corrected chi connectivity index (χ1v) is 22.0. The van der Waals surface area contributed by atoms with Gasteiger partial charge in [-0.25, -0.2) is 9.97 Å². The Morgan fingerprint density at radius 1 is 0.540 bits per heavy atom. The highest BCUT2D eigenvalue weighted by Crippen LogP contribution is 2.33. The third-order valence-electron chi connectivity index (χ3n) is 6.95. The Balaban J connectivity index is 0.000000373. The van der Waals surface area contributed by atoms with Gasteiger partial charge in [-0.15, -0.1) is 22.7 Å². The molecule has 4 rings (SSSR count). The van der Waals surface area contributed by atoms with Crippen LogP contribution in [0.3, 0.4) is 0 Å². The number of thiophene rings is 2. The lowest BCUT2D eigenvalue weighted by Gasteiger charge is -2.24. The molecule has 4 aromatic heterocycles. The Hall–Kier alpha value is -5.02. The van der Waals surface area contributed by atoms with Crippen molar-refractivity contribution in [2.75, 3.05) is 33.8 Å². The quantitative estimate of drug-likeness (QED) is 0.0407. The molecule has 1 atom stereocenters. The molecule has 21 heteroatoms. The summed E-state index contributed by atoms with van der Waals surface area (Å²) in [4.78, 5) is 91.5. The number of Topliss-reactive ketones (excluding diaryl/α,β-unsaturated/α-hetero) is 2. The van der Waals surface area contributed by atoms with Gasteiger partial charge in [0.1, 0.15) is 60.8 Å². The molecule has 0 saturated heterocycles. The molecule has 0 amide bonds. The lowest BCUT2D eigenvalue weighted by molar-refractivity contribution is -0.165. The number of ether oxygens (including phenoxy) is 8. The van der Waals surface area contributed by atoms with Crippen molar-refractivity contribution in [3.05, 3.63) is 21.9 Å². The van der Waals surface area contributed by atoms with E-state index < -0.39 is 52.8 Å². The number of alkyl halides is 1. The number of methoxy groups -OCH3 is 4. The SMILES string of the molecule is CC(C)(C)OC(=O)CBr.COc1nc2cc(C(=O)C(CC(=O)OC(C)(C)C)C(=O)OC(C)(C)C)sc2nc1OC.COc1nc2cc(C(=O)CC(=O)OC(C)(C)C)sc2nc1OC. The number of aromatic nitrogens is 4. The van der Waals surface area contributed by atoms with Crippen molar-refractivity contribution >= 4 is 94.7 Å². The molecular formula is C42H57BrN4O14S2. The van der Waals surface area contributed by atoms with Crippen LogP contribution in [0.15, 0.2) is 12.1 Å². The summed E-state index contributed by atoms with van der Waals surface area (Å²) in [5, 5.41) is 0.268. The maximum absolute atomic E-state index is 13.2. The molecule has 0 fully saturated rings. The molecule has 0 radical (unpaired) electrons. The van der Waals surface area contributed by atoms with E-state index in [4.69, 9.17) is 37.9 Å². The Morgan fingerprint density at radius 3 is 1.29 bits per heavy atom. The predicted octanol–water partition coefficient (Wildman–Crippen LogP) is 7.93. The summed E-state index contributed by atoms with van der Waals surface area (Å²) >= 11 is 5.18. The standard InChI is InChI=1S/C21H28N2O7S.C15H18N2O5S.C6H11BrO2/c1-20(2,3)29-14(24)9-11(19(26)30-21(4,5)6)15(25)13-10-12-18(31-13)23-17(28-8)16(22-12)27-7;1-15(2,3)22-11(19)7-9(18)10-6-8-14(23-10)17-13(21-5)12(16-8)20-4;1-6(2,3)9-5(8)4-7/h10-11H,9H2,1-8H3;6H,7H2,1-5H3;4H2,1-3H3. The van der Waals surface area contributed by atoms with E-state index >= 15 is 0 Å². The van der Waals surface area contributed by atoms with Gasteiger partial charge in [0.2, 0.25) is 0 Å². The van der Waals surface area contributed by atoms with Crippen molar-refractivity contribution in [3.63, 3.8) is 0 Å². The minimum Gasteiger partial charge on any atom is -0.477 e. The number of ketones is 2. The molecule has 4 aromatic rings. The number of fused-ring (bicyclic) bond motifs is 2. The lowest BCUT2D eigenvalue weighted by atomic mass is 9.98. The number of halogens is 1. The Kier molecular flexibility index (Phi) is 19.4. The van der Waals surface area contributed by atoms with Crippen LogP contribution >= 0.6 is 38.6 Å². The second-order valence-corrected chi connectivity index (χ2v) is 19.9. The van der Waals surface area contributed by atoms with Crippen molar-refractivity contribution < 1.29 is 66.7 Å². The molecule has 0 aliphatic heterocycles. The van der Waals surface area contributed by atoms with Gasteiger partial charge in [0, 0.05) is 0 Å². The number of carbonyl (C=O) groups is 6. The average molecular weight is 986 g/mol. The molecule has 0 saturated carbocycles. The molecule has 0 aliphatic carbocycles. The summed E-state index contributed by atoms with van der Waals surface area (Å²) in [5.41, 5.74) is -1.64. The fourth-order valence-electron chi connectivity index (χ4n) is 4.79. The molecule has 348 valence electrons. The van der Waals surface area contributed by atoms with E-state index in [0.717, 1.165) is 22.7 Å². The van der Waals surface area contributed by atoms with Gasteiger partial charge in [0.15, 0.2) is 11.6 Å². The van der Waals surface area contributed by atoms with Crippen molar-refractivity contribution in [2.24, 2.45) is 5.92 Å². The largest absolute Gasteiger partial charge is 0.477 e. The second-order valence-electron chi connectivity index (χ2n) is 17.2. The van der Waals surface area contributed by atoms with Crippen LogP contribution in [0.2, 0.25) is 0 Å². The number of nitrogens with zero attached hydrogens (tertiary/aromatic N) is 4. The summed E-state index contributed by atoms with van der Waals surface area (Å²) in [5.74, 6) is -3.67. The average Bonchev–Trinajstić information content (AvgIpc) is 3.76. The summed E-state index contributed by atoms with van der Waals surface area (Å²) in [6.07, 6.45) is -0.759. The van der Waals surface area contributed by atoms with E-state index in [1.165, 1.54) is 34.5 Å². The first-order valence-electron chi connectivity index (χ1n) is 19.2. The van der Waals surface area contributed by atoms with Gasteiger partial charge >= 0.3 is 23.9 Å². The molecule has 0 aliphatic rings. The number of esters is 4. The van der Waals surface area contributed by atoms with Crippen LogP contribution in [-0.4, -0.2) is 112 Å². The molecule has 0 aromatic carbocycles. The highest BCUT2D eigenvalue weighted by molar-refractivity contribution is 9.09. The normalized spacial score (nSPS) is 12.1. The van der Waals surface area contributed by atoms with Crippen molar-refractivity contribution in [1.82, 2.24) is 19.9 Å². The van der Waals surface area contributed by atoms with Crippen molar-refractivity contribution in [3.8, 4) is 23.5 Å². The maximum Gasteiger partial charge on any atom is 0.318 e. The van der Waals surface area contributed by atoms with E-state index in [1.54, 1.807) is 68.4 Å². The molecule has 4 heterocycles. The predicted molar refractivity (Wildman–Crippen MR) is 240 cm³/mol. The van der Waals surface area contributed by atoms with Crippen LogP contribution in [0.4, 0.5) is 0 Å². The van der Waals surface area contributed by atoms with Gasteiger partial charge < -0.3 is 37.9 Å². The smallest absolute Gasteiger partial charge is 0.318 e. The van der Waals surface area contributed by atoms with Gasteiger partial charge in [-0.2, -0.15) is 9.97 Å². The number of hydrogen-bond donors (Lipinski definition) is 0. The van der Waals surface area contributed by atoms with E-state index in [9.17, 15) is 28.8 Å². The van der Waals surface area contributed by atoms with Crippen LogP contribution < -0.4 is 18.9 Å². The van der Waals surface area contributed by atoms with E-state index in [1.807, 2.05) is 20.8 Å². The maximum atomic E-state index is 13.2. The van der Waals surface area contributed by atoms with Gasteiger partial charge in [-0.3, -0.25) is 28.8 Å². The molecule has 18 nitrogen and oxygen atoms in total. The zero-order valence-corrected chi connectivity index (χ0v) is 41.8. The Bertz CT molecular complexity index is 2180. The molecule has 63 heavy (non-hydrogen) atoms. The fraction of sp³-hybridized carbons (Fsp3) is 0.571. The summed E-state index contributed by atoms with van der Waals surface area (Å²) in [6, 6.07) is 3.09. The number of carbonyl (C=O) groups excluding carboxylic acids is 6. The first-order chi connectivity index (χ1) is 28.9. The van der Waals surface area contributed by atoms with Crippen LogP contribution in [-0.2, 0) is 38.1 Å². The summed E-state index contributed by atoms with van der Waals surface area (Å²) < 4.78 is 41.2. The topological polar surface area (TPSA) is 228 Å². The van der Waals surface area contributed by atoms with Crippen LogP contribution in [0.5, 0.6) is 23.5 Å². The minimum atomic E-state index is -1.36. The molecular weight excluding hydrogens is 929 g/mol. The van der Waals surface area contributed by atoms with Crippen molar-refractivity contribution in [2.45, 2.75) is 118 Å². The van der Waals surface area contributed by atoms with Crippen LogP contribution in [0, 0.1) is 5.92 Å². The Labute approximate surface area is 383 Å². The highest BCUT2D eigenvalue weighted by atomic mass is 79.9. The van der Waals surface area contributed by atoms with Crippen molar-refractivity contribution in [1.29, 1.82) is 0 Å². The number of rotatable bonds is 13. The van der Waals surface area contributed by atoms with Crippen LogP contribution in [0.1, 0.15) is 115 Å². The monoisotopic (exact) mass is 984 g/mol. The minimum absolute atomic E-state index is 0.171. The van der Waals surface area contributed by atoms with Gasteiger partial charge in [-0.1, -0.05) is 15.9 Å². The highest BCUT2D eigenvalue weighted by Gasteiger charge is 2.36. The van der Waals surface area contributed by atoms with E-state index in [-0.39, 0.29) is 57.5 Å². The third kappa shape index (κ3) is 18.3.